The van der Waals surface area contributed by atoms with Crippen LogP contribution >= 0.6 is 23.1 Å². The van der Waals surface area contributed by atoms with Crippen molar-refractivity contribution in [3.05, 3.63) is 29.8 Å². The zero-order chi connectivity index (χ0) is 18.4. The van der Waals surface area contributed by atoms with Gasteiger partial charge in [0.05, 0.1) is 12.4 Å². The summed E-state index contributed by atoms with van der Waals surface area (Å²) in [7, 11) is 1.65. The van der Waals surface area contributed by atoms with E-state index in [9.17, 15) is 4.79 Å². The van der Waals surface area contributed by atoms with Gasteiger partial charge in [-0.25, -0.2) is 0 Å². The lowest BCUT2D eigenvalue weighted by molar-refractivity contribution is -0.121. The molecule has 1 amide bonds. The summed E-state index contributed by atoms with van der Waals surface area (Å²) in [6, 6.07) is 7.85. The smallest absolute Gasteiger partial charge is 0.233 e. The standard InChI is InChI=1S/C17H24N4O2S2/c1-11(14(22)19-17(2,3)4)24-16-21-20-15(25-16)18-10-12-6-8-13(23-5)9-7-12/h6-9,11H,10H2,1-5H3,(H,18,20)(H,19,22). The lowest BCUT2D eigenvalue weighted by atomic mass is 10.1. The van der Waals surface area contributed by atoms with Crippen molar-refractivity contribution in [1.82, 2.24) is 15.5 Å². The lowest BCUT2D eigenvalue weighted by Gasteiger charge is -2.22. The molecular formula is C17H24N4O2S2. The van der Waals surface area contributed by atoms with Crippen molar-refractivity contribution in [2.45, 2.75) is 49.4 Å². The van der Waals surface area contributed by atoms with Gasteiger partial charge in [0.2, 0.25) is 11.0 Å². The van der Waals surface area contributed by atoms with E-state index in [1.807, 2.05) is 52.0 Å². The lowest BCUT2D eigenvalue weighted by Crippen LogP contribution is -2.44. The number of aromatic nitrogens is 2. The Hall–Kier alpha value is -1.80. The van der Waals surface area contributed by atoms with Gasteiger partial charge in [-0.1, -0.05) is 35.2 Å². The Labute approximate surface area is 156 Å². The monoisotopic (exact) mass is 380 g/mol. The molecule has 0 fully saturated rings. The van der Waals surface area contributed by atoms with Crippen LogP contribution in [0.3, 0.4) is 0 Å². The normalized spacial score (nSPS) is 12.5. The number of carbonyl (C=O) groups excluding carboxylic acids is 1. The fourth-order valence-corrected chi connectivity index (χ4v) is 3.82. The van der Waals surface area contributed by atoms with Gasteiger partial charge in [-0.05, 0) is 45.4 Å². The summed E-state index contributed by atoms with van der Waals surface area (Å²) in [6.45, 7) is 8.43. The fourth-order valence-electron chi connectivity index (χ4n) is 1.93. The minimum atomic E-state index is -0.238. The predicted molar refractivity (Wildman–Crippen MR) is 103 cm³/mol. The Kier molecular flexibility index (Phi) is 6.66. The Morgan fingerprint density at radius 2 is 1.96 bits per heavy atom. The van der Waals surface area contributed by atoms with Crippen LogP contribution < -0.4 is 15.4 Å². The number of amides is 1. The highest BCUT2D eigenvalue weighted by atomic mass is 32.2. The molecule has 0 saturated heterocycles. The van der Waals surface area contributed by atoms with E-state index in [1.165, 1.54) is 23.1 Å². The molecule has 2 aromatic rings. The number of thioether (sulfide) groups is 1. The van der Waals surface area contributed by atoms with Crippen LogP contribution in [0.5, 0.6) is 5.75 Å². The molecule has 1 atom stereocenters. The molecule has 1 aromatic heterocycles. The predicted octanol–water partition coefficient (Wildman–Crippen LogP) is 3.55. The second-order valence-electron chi connectivity index (χ2n) is 6.57. The van der Waals surface area contributed by atoms with Crippen LogP contribution in [-0.4, -0.2) is 34.0 Å². The van der Waals surface area contributed by atoms with Crippen molar-refractivity contribution in [1.29, 1.82) is 0 Å². The first-order valence-corrected chi connectivity index (χ1v) is 9.65. The summed E-state index contributed by atoms with van der Waals surface area (Å²) >= 11 is 2.86. The minimum absolute atomic E-state index is 0.000409. The molecule has 1 aromatic carbocycles. The molecule has 2 rings (SSSR count). The summed E-state index contributed by atoms with van der Waals surface area (Å²) in [5, 5.41) is 15.0. The third-order valence-corrected chi connectivity index (χ3v) is 5.22. The highest BCUT2D eigenvalue weighted by Crippen LogP contribution is 2.29. The number of hydrogen-bond donors (Lipinski definition) is 2. The average molecular weight is 381 g/mol. The zero-order valence-electron chi connectivity index (χ0n) is 15.1. The summed E-state index contributed by atoms with van der Waals surface area (Å²) in [6.07, 6.45) is 0. The first-order chi connectivity index (χ1) is 11.8. The number of ether oxygens (including phenoxy) is 1. The van der Waals surface area contributed by atoms with Gasteiger partial charge >= 0.3 is 0 Å². The number of carbonyl (C=O) groups is 1. The second kappa shape index (κ2) is 8.53. The molecule has 0 saturated carbocycles. The van der Waals surface area contributed by atoms with Gasteiger partial charge in [0.15, 0.2) is 4.34 Å². The molecule has 25 heavy (non-hydrogen) atoms. The van der Waals surface area contributed by atoms with Crippen molar-refractivity contribution in [2.75, 3.05) is 12.4 Å². The number of nitrogens with zero attached hydrogens (tertiary/aromatic N) is 2. The van der Waals surface area contributed by atoms with E-state index in [-0.39, 0.29) is 16.7 Å². The fraction of sp³-hybridized carbons (Fsp3) is 0.471. The van der Waals surface area contributed by atoms with E-state index in [0.29, 0.717) is 6.54 Å². The first-order valence-electron chi connectivity index (χ1n) is 7.96. The number of hydrogen-bond acceptors (Lipinski definition) is 7. The minimum Gasteiger partial charge on any atom is -0.497 e. The average Bonchev–Trinajstić information content (AvgIpc) is 2.99. The van der Waals surface area contributed by atoms with Gasteiger partial charge in [-0.3, -0.25) is 4.79 Å². The summed E-state index contributed by atoms with van der Waals surface area (Å²) in [5.74, 6) is 0.835. The molecule has 1 heterocycles. The van der Waals surface area contributed by atoms with E-state index in [1.54, 1.807) is 7.11 Å². The van der Waals surface area contributed by atoms with E-state index >= 15 is 0 Å². The molecule has 2 N–H and O–H groups in total. The van der Waals surface area contributed by atoms with E-state index in [2.05, 4.69) is 20.8 Å². The van der Waals surface area contributed by atoms with Crippen molar-refractivity contribution < 1.29 is 9.53 Å². The molecule has 8 heteroatoms. The Balaban J connectivity index is 1.85. The molecule has 136 valence electrons. The molecule has 0 bridgehead atoms. The van der Waals surface area contributed by atoms with Crippen LogP contribution in [0.1, 0.15) is 33.3 Å². The van der Waals surface area contributed by atoms with E-state index in [0.717, 1.165) is 20.8 Å². The second-order valence-corrected chi connectivity index (χ2v) is 9.14. The van der Waals surface area contributed by atoms with Crippen LogP contribution in [-0.2, 0) is 11.3 Å². The molecule has 0 aliphatic heterocycles. The topological polar surface area (TPSA) is 76.1 Å². The van der Waals surface area contributed by atoms with Gasteiger partial charge in [0.25, 0.3) is 0 Å². The maximum absolute atomic E-state index is 12.1. The number of nitrogens with one attached hydrogen (secondary N) is 2. The molecular weight excluding hydrogens is 356 g/mol. The van der Waals surface area contributed by atoms with Crippen LogP contribution in [0.2, 0.25) is 0 Å². The number of anilines is 1. The van der Waals surface area contributed by atoms with Crippen molar-refractivity contribution in [3.63, 3.8) is 0 Å². The van der Waals surface area contributed by atoms with Crippen molar-refractivity contribution in [3.8, 4) is 5.75 Å². The molecule has 6 nitrogen and oxygen atoms in total. The Morgan fingerprint density at radius 3 is 2.56 bits per heavy atom. The van der Waals surface area contributed by atoms with Crippen LogP contribution in [0, 0.1) is 0 Å². The molecule has 0 spiro atoms. The highest BCUT2D eigenvalue weighted by Gasteiger charge is 2.21. The van der Waals surface area contributed by atoms with Gasteiger partial charge in [-0.15, -0.1) is 10.2 Å². The van der Waals surface area contributed by atoms with Gasteiger partial charge in [0.1, 0.15) is 5.75 Å². The number of benzene rings is 1. The molecule has 0 aliphatic rings. The van der Waals surface area contributed by atoms with E-state index in [4.69, 9.17) is 4.74 Å². The third kappa shape index (κ3) is 6.55. The maximum Gasteiger partial charge on any atom is 0.233 e. The molecule has 0 radical (unpaired) electrons. The summed E-state index contributed by atoms with van der Waals surface area (Å²) in [5.41, 5.74) is 0.890. The van der Waals surface area contributed by atoms with Crippen LogP contribution in [0.4, 0.5) is 5.13 Å². The van der Waals surface area contributed by atoms with Crippen LogP contribution in [0.15, 0.2) is 28.6 Å². The van der Waals surface area contributed by atoms with Crippen molar-refractivity contribution >= 4 is 34.1 Å². The van der Waals surface area contributed by atoms with Gasteiger partial charge < -0.3 is 15.4 Å². The molecule has 0 aliphatic carbocycles. The maximum atomic E-state index is 12.1. The Bertz CT molecular complexity index is 695. The highest BCUT2D eigenvalue weighted by molar-refractivity contribution is 8.02. The first kappa shape index (κ1) is 19.5. The van der Waals surface area contributed by atoms with Crippen LogP contribution in [0.25, 0.3) is 0 Å². The van der Waals surface area contributed by atoms with Crippen molar-refractivity contribution in [2.24, 2.45) is 0 Å². The molecule has 1 unspecified atom stereocenters. The SMILES string of the molecule is COc1ccc(CNc2nnc(SC(C)C(=O)NC(C)(C)C)s2)cc1. The third-order valence-electron chi connectivity index (χ3n) is 3.15. The quantitative estimate of drug-likeness (QED) is 0.716. The van der Waals surface area contributed by atoms with E-state index < -0.39 is 0 Å². The van der Waals surface area contributed by atoms with Gasteiger partial charge in [0, 0.05) is 12.1 Å². The number of methoxy groups -OCH3 is 1. The number of rotatable bonds is 7. The summed E-state index contributed by atoms with van der Waals surface area (Å²) in [4.78, 5) is 12.1. The Morgan fingerprint density at radius 1 is 1.28 bits per heavy atom. The van der Waals surface area contributed by atoms with Gasteiger partial charge in [-0.2, -0.15) is 0 Å². The zero-order valence-corrected chi connectivity index (χ0v) is 16.8. The summed E-state index contributed by atoms with van der Waals surface area (Å²) < 4.78 is 5.92. The largest absolute Gasteiger partial charge is 0.497 e.